The smallest absolute Gasteiger partial charge is 0.152 e. The van der Waals surface area contributed by atoms with Gasteiger partial charge in [-0.05, 0) is 41.9 Å². The van der Waals surface area contributed by atoms with Crippen LogP contribution in [0.4, 0.5) is 11.6 Å². The first-order valence-corrected chi connectivity index (χ1v) is 10.9. The average Bonchev–Trinajstić information content (AvgIpc) is 3.02. The molecule has 1 aliphatic carbocycles. The third kappa shape index (κ3) is 3.13. The van der Waals surface area contributed by atoms with Crippen LogP contribution in [0.5, 0.6) is 0 Å². The predicted octanol–water partition coefficient (Wildman–Crippen LogP) is 4.88. The van der Waals surface area contributed by atoms with Crippen LogP contribution in [-0.2, 0) is 6.42 Å². The quantitative estimate of drug-likeness (QED) is 0.594. The first-order valence-electron chi connectivity index (χ1n) is 10.1. The maximum atomic E-state index is 6.69. The monoisotopic (exact) mass is 439 g/mol. The van der Waals surface area contributed by atoms with Crippen LogP contribution >= 0.6 is 23.2 Å². The van der Waals surface area contributed by atoms with Crippen molar-refractivity contribution in [2.24, 2.45) is 11.1 Å². The van der Waals surface area contributed by atoms with E-state index in [1.807, 2.05) is 12.1 Å². The minimum absolute atomic E-state index is 0.0966. The van der Waals surface area contributed by atoms with Crippen LogP contribution in [0.15, 0.2) is 48.7 Å². The van der Waals surface area contributed by atoms with E-state index in [1.54, 1.807) is 12.3 Å². The highest BCUT2D eigenvalue weighted by Crippen LogP contribution is 2.51. The van der Waals surface area contributed by atoms with Gasteiger partial charge in [-0.3, -0.25) is 0 Å². The van der Waals surface area contributed by atoms with Gasteiger partial charge in [-0.1, -0.05) is 59.6 Å². The molecule has 4 N–H and O–H groups in total. The number of benzene rings is 2. The molecule has 1 aromatic heterocycles. The Kier molecular flexibility index (Phi) is 4.85. The molecule has 7 heteroatoms. The highest BCUT2D eigenvalue weighted by Gasteiger charge is 2.45. The third-order valence-corrected chi connectivity index (χ3v) is 7.49. The molecule has 0 bridgehead atoms. The molecule has 1 atom stereocenters. The summed E-state index contributed by atoms with van der Waals surface area (Å²) < 4.78 is 0. The van der Waals surface area contributed by atoms with Crippen molar-refractivity contribution in [2.45, 2.75) is 25.3 Å². The van der Waals surface area contributed by atoms with Crippen molar-refractivity contribution in [3.63, 3.8) is 0 Å². The predicted molar refractivity (Wildman–Crippen MR) is 123 cm³/mol. The molecule has 154 valence electrons. The topological polar surface area (TPSA) is 81.1 Å². The van der Waals surface area contributed by atoms with Gasteiger partial charge in [-0.2, -0.15) is 0 Å². The Balaban J connectivity index is 1.35. The lowest BCUT2D eigenvalue weighted by Crippen LogP contribution is -2.44. The Morgan fingerprint density at radius 3 is 2.53 bits per heavy atom. The molecular formula is C23H23Cl2N5. The summed E-state index contributed by atoms with van der Waals surface area (Å²) in [6, 6.07) is 14.1. The molecular weight excluding hydrogens is 417 g/mol. The number of fused-ring (bicyclic) bond motifs is 1. The average molecular weight is 440 g/mol. The van der Waals surface area contributed by atoms with E-state index in [9.17, 15) is 0 Å². The minimum Gasteiger partial charge on any atom is -0.382 e. The zero-order valence-electron chi connectivity index (χ0n) is 16.5. The Labute approximate surface area is 186 Å². The van der Waals surface area contributed by atoms with Gasteiger partial charge in [0.25, 0.3) is 0 Å². The van der Waals surface area contributed by atoms with Crippen LogP contribution in [-0.4, -0.2) is 23.1 Å². The summed E-state index contributed by atoms with van der Waals surface area (Å²) >= 11 is 12.5. The Hall–Kier alpha value is -2.34. The van der Waals surface area contributed by atoms with Crippen LogP contribution in [0.2, 0.25) is 10.0 Å². The molecule has 0 saturated carbocycles. The molecule has 1 saturated heterocycles. The normalized spacial score (nSPS) is 19.8. The van der Waals surface area contributed by atoms with Gasteiger partial charge in [0.15, 0.2) is 5.82 Å². The molecule has 0 unspecified atom stereocenters. The number of anilines is 2. The number of rotatable bonds is 2. The van der Waals surface area contributed by atoms with Gasteiger partial charge in [0, 0.05) is 24.7 Å². The highest BCUT2D eigenvalue weighted by atomic mass is 35.5. The van der Waals surface area contributed by atoms with E-state index in [2.05, 4.69) is 39.1 Å². The molecule has 0 radical (unpaired) electrons. The van der Waals surface area contributed by atoms with Crippen LogP contribution < -0.4 is 16.4 Å². The first-order chi connectivity index (χ1) is 14.5. The maximum absolute atomic E-state index is 6.69. The van der Waals surface area contributed by atoms with E-state index in [4.69, 9.17) is 34.7 Å². The number of hydrogen-bond donors (Lipinski definition) is 2. The SMILES string of the molecule is Nc1nc(N2CCC3(CC2)Cc2ccccc2[C@H]3N)cnc1-c1cccc(Cl)c1Cl. The molecule has 30 heavy (non-hydrogen) atoms. The lowest BCUT2D eigenvalue weighted by atomic mass is 9.73. The lowest BCUT2D eigenvalue weighted by Gasteiger charge is -2.42. The van der Waals surface area contributed by atoms with E-state index < -0.39 is 0 Å². The largest absolute Gasteiger partial charge is 0.382 e. The Morgan fingerprint density at radius 1 is 1.03 bits per heavy atom. The molecule has 5 nitrogen and oxygen atoms in total. The molecule has 3 aromatic rings. The summed E-state index contributed by atoms with van der Waals surface area (Å²) in [5.74, 6) is 1.13. The van der Waals surface area contributed by atoms with Gasteiger partial charge in [-0.25, -0.2) is 9.97 Å². The van der Waals surface area contributed by atoms with Gasteiger partial charge >= 0.3 is 0 Å². The van der Waals surface area contributed by atoms with Crippen LogP contribution in [0, 0.1) is 5.41 Å². The number of nitrogens with zero attached hydrogens (tertiary/aromatic N) is 3. The van der Waals surface area contributed by atoms with E-state index in [0.717, 1.165) is 38.2 Å². The van der Waals surface area contributed by atoms with E-state index in [1.165, 1.54) is 11.1 Å². The molecule has 0 amide bonds. The molecule has 5 rings (SSSR count). The van der Waals surface area contributed by atoms with Crippen molar-refractivity contribution in [2.75, 3.05) is 23.7 Å². The standard InChI is InChI=1S/C23H23Cl2N5/c24-17-7-3-6-16(19(17)25)20-22(27)29-18(13-28-20)30-10-8-23(9-11-30)12-14-4-1-2-5-15(14)21(23)26/h1-7,13,21H,8-12,26H2,(H2,27,29)/t21-/m1/s1. The fourth-order valence-corrected chi connectivity index (χ4v) is 5.32. The van der Waals surface area contributed by atoms with Gasteiger partial charge in [0.1, 0.15) is 11.5 Å². The summed E-state index contributed by atoms with van der Waals surface area (Å²) in [6.45, 7) is 1.76. The highest BCUT2D eigenvalue weighted by molar-refractivity contribution is 6.43. The summed E-state index contributed by atoms with van der Waals surface area (Å²) in [5.41, 5.74) is 17.0. The summed E-state index contributed by atoms with van der Waals surface area (Å²) in [4.78, 5) is 11.4. The number of aromatic nitrogens is 2. The van der Waals surface area contributed by atoms with Crippen molar-refractivity contribution in [1.29, 1.82) is 0 Å². The molecule has 2 heterocycles. The van der Waals surface area contributed by atoms with Crippen molar-refractivity contribution in [1.82, 2.24) is 9.97 Å². The van der Waals surface area contributed by atoms with Crippen molar-refractivity contribution < 1.29 is 0 Å². The molecule has 1 aliphatic heterocycles. The molecule has 2 aliphatic rings. The minimum atomic E-state index is 0.0966. The molecule has 1 spiro atoms. The Morgan fingerprint density at radius 2 is 1.80 bits per heavy atom. The second-order valence-corrected chi connectivity index (χ2v) is 9.05. The summed E-state index contributed by atoms with van der Waals surface area (Å²) in [5, 5.41) is 0.900. The fourth-order valence-electron chi connectivity index (χ4n) is 4.93. The number of nitrogens with two attached hydrogens (primary N) is 2. The van der Waals surface area contributed by atoms with Crippen LogP contribution in [0.1, 0.15) is 30.0 Å². The summed E-state index contributed by atoms with van der Waals surface area (Å²) in [6.07, 6.45) is 4.86. The van der Waals surface area contributed by atoms with Gasteiger partial charge in [-0.15, -0.1) is 0 Å². The number of hydrogen-bond acceptors (Lipinski definition) is 5. The van der Waals surface area contributed by atoms with Gasteiger partial charge in [0.05, 0.1) is 16.2 Å². The zero-order chi connectivity index (χ0) is 20.9. The maximum Gasteiger partial charge on any atom is 0.152 e. The second-order valence-electron chi connectivity index (χ2n) is 8.27. The Bertz CT molecular complexity index is 1110. The number of nitrogen functional groups attached to an aromatic ring is 1. The lowest BCUT2D eigenvalue weighted by molar-refractivity contribution is 0.187. The number of halogens is 2. The van der Waals surface area contributed by atoms with Crippen LogP contribution in [0.3, 0.4) is 0 Å². The zero-order valence-corrected chi connectivity index (χ0v) is 18.0. The van der Waals surface area contributed by atoms with E-state index in [0.29, 0.717) is 27.1 Å². The third-order valence-electron chi connectivity index (χ3n) is 6.67. The van der Waals surface area contributed by atoms with E-state index >= 15 is 0 Å². The number of piperidine rings is 1. The van der Waals surface area contributed by atoms with E-state index in [-0.39, 0.29) is 11.5 Å². The fraction of sp³-hybridized carbons (Fsp3) is 0.304. The molecule has 2 aromatic carbocycles. The van der Waals surface area contributed by atoms with Crippen molar-refractivity contribution in [3.05, 3.63) is 69.8 Å². The summed E-state index contributed by atoms with van der Waals surface area (Å²) in [7, 11) is 0. The van der Waals surface area contributed by atoms with Crippen LogP contribution in [0.25, 0.3) is 11.3 Å². The van der Waals surface area contributed by atoms with Gasteiger partial charge < -0.3 is 16.4 Å². The van der Waals surface area contributed by atoms with Crippen molar-refractivity contribution >= 4 is 34.8 Å². The first kappa shape index (κ1) is 19.6. The van der Waals surface area contributed by atoms with Gasteiger partial charge in [0.2, 0.25) is 0 Å². The van der Waals surface area contributed by atoms with Crippen molar-refractivity contribution in [3.8, 4) is 11.3 Å². The molecule has 1 fully saturated rings. The second kappa shape index (κ2) is 7.41.